The summed E-state index contributed by atoms with van der Waals surface area (Å²) in [5.41, 5.74) is 0.981. The highest BCUT2D eigenvalue weighted by Crippen LogP contribution is 2.08. The first-order valence-corrected chi connectivity index (χ1v) is 5.66. The summed E-state index contributed by atoms with van der Waals surface area (Å²) in [7, 11) is 1.51. The molecule has 0 saturated heterocycles. The van der Waals surface area contributed by atoms with Crippen molar-refractivity contribution >= 4 is 19.7 Å². The maximum atomic E-state index is 10.7. The van der Waals surface area contributed by atoms with Gasteiger partial charge in [-0.05, 0) is 6.92 Å². The van der Waals surface area contributed by atoms with Crippen molar-refractivity contribution in [3.05, 3.63) is 23.8 Å². The van der Waals surface area contributed by atoms with Crippen molar-refractivity contribution in [3.63, 3.8) is 0 Å². The Morgan fingerprint density at radius 2 is 2.00 bits per heavy atom. The SMILES string of the molecule is Cc1nccnc1CS(=O)(=O)Cl. The molecular weight excluding hydrogens is 200 g/mol. The third kappa shape index (κ3) is 2.75. The molecule has 0 bridgehead atoms. The minimum absolute atomic E-state index is 0.270. The Morgan fingerprint density at radius 3 is 2.50 bits per heavy atom. The van der Waals surface area contributed by atoms with Crippen LogP contribution in [0.3, 0.4) is 0 Å². The summed E-state index contributed by atoms with van der Waals surface area (Å²) < 4.78 is 21.3. The highest BCUT2D eigenvalue weighted by atomic mass is 35.7. The van der Waals surface area contributed by atoms with Gasteiger partial charge in [-0.2, -0.15) is 0 Å². The lowest BCUT2D eigenvalue weighted by molar-refractivity contribution is 0.608. The molecule has 0 radical (unpaired) electrons. The molecule has 0 N–H and O–H groups in total. The van der Waals surface area contributed by atoms with Gasteiger partial charge in [0.05, 0.1) is 11.4 Å². The minimum atomic E-state index is -3.53. The molecule has 0 aliphatic carbocycles. The van der Waals surface area contributed by atoms with E-state index in [0.29, 0.717) is 11.4 Å². The summed E-state index contributed by atoms with van der Waals surface area (Å²) in [6.07, 6.45) is 2.93. The van der Waals surface area contributed by atoms with E-state index in [0.717, 1.165) is 0 Å². The summed E-state index contributed by atoms with van der Waals surface area (Å²) in [5, 5.41) is 0. The van der Waals surface area contributed by atoms with Gasteiger partial charge in [-0.3, -0.25) is 9.97 Å². The van der Waals surface area contributed by atoms with E-state index in [1.54, 1.807) is 6.92 Å². The van der Waals surface area contributed by atoms with Gasteiger partial charge in [0.15, 0.2) is 0 Å². The average Bonchev–Trinajstić information content (AvgIpc) is 1.91. The van der Waals surface area contributed by atoms with Gasteiger partial charge in [0, 0.05) is 23.1 Å². The van der Waals surface area contributed by atoms with Crippen LogP contribution in [-0.4, -0.2) is 18.4 Å². The topological polar surface area (TPSA) is 59.9 Å². The Bertz CT molecular complexity index is 377. The van der Waals surface area contributed by atoms with Crippen LogP contribution in [0.4, 0.5) is 0 Å². The third-order valence-electron chi connectivity index (χ3n) is 1.29. The molecule has 0 aliphatic rings. The van der Waals surface area contributed by atoms with Crippen molar-refractivity contribution in [3.8, 4) is 0 Å². The number of halogens is 1. The predicted octanol–water partition coefficient (Wildman–Crippen LogP) is 0.854. The first kappa shape index (κ1) is 9.41. The number of rotatable bonds is 2. The maximum absolute atomic E-state index is 10.7. The van der Waals surface area contributed by atoms with Crippen molar-refractivity contribution in [2.45, 2.75) is 12.7 Å². The van der Waals surface area contributed by atoms with Crippen LogP contribution >= 0.6 is 10.7 Å². The second-order valence-electron chi connectivity index (χ2n) is 2.27. The largest absolute Gasteiger partial charge is 0.258 e. The van der Waals surface area contributed by atoms with Crippen LogP contribution in [0.25, 0.3) is 0 Å². The van der Waals surface area contributed by atoms with E-state index in [-0.39, 0.29) is 5.75 Å². The lowest BCUT2D eigenvalue weighted by Crippen LogP contribution is -2.01. The van der Waals surface area contributed by atoms with Crippen LogP contribution in [0.1, 0.15) is 11.4 Å². The maximum Gasteiger partial charge on any atom is 0.238 e. The van der Waals surface area contributed by atoms with Gasteiger partial charge in [-0.15, -0.1) is 0 Å². The molecule has 6 heteroatoms. The monoisotopic (exact) mass is 206 g/mol. The molecular formula is C6H7ClN2O2S. The normalized spacial score (nSPS) is 11.5. The van der Waals surface area contributed by atoms with Gasteiger partial charge in [0.1, 0.15) is 5.75 Å². The van der Waals surface area contributed by atoms with Gasteiger partial charge in [-0.1, -0.05) is 0 Å². The van der Waals surface area contributed by atoms with Crippen LogP contribution in [0, 0.1) is 6.92 Å². The predicted molar refractivity (Wildman–Crippen MR) is 45.2 cm³/mol. The van der Waals surface area contributed by atoms with E-state index < -0.39 is 9.05 Å². The van der Waals surface area contributed by atoms with Crippen molar-refractivity contribution in [1.29, 1.82) is 0 Å². The molecule has 1 aromatic rings. The second kappa shape index (κ2) is 3.37. The van der Waals surface area contributed by atoms with E-state index >= 15 is 0 Å². The molecule has 4 nitrogen and oxygen atoms in total. The molecule has 0 unspecified atom stereocenters. The molecule has 0 saturated carbocycles. The standard InChI is InChI=1S/C6H7ClN2O2S/c1-5-6(4-12(7,10)11)9-3-2-8-5/h2-3H,4H2,1H3. The van der Waals surface area contributed by atoms with Crippen LogP contribution < -0.4 is 0 Å². The third-order valence-corrected chi connectivity index (χ3v) is 2.24. The van der Waals surface area contributed by atoms with Crippen molar-refractivity contribution < 1.29 is 8.42 Å². The molecule has 1 rings (SSSR count). The zero-order valence-corrected chi connectivity index (χ0v) is 7.93. The first-order chi connectivity index (χ1) is 5.49. The average molecular weight is 207 g/mol. The van der Waals surface area contributed by atoms with E-state index in [4.69, 9.17) is 10.7 Å². The Balaban J connectivity index is 2.98. The van der Waals surface area contributed by atoms with Crippen LogP contribution in [0.2, 0.25) is 0 Å². The fourth-order valence-electron chi connectivity index (χ4n) is 0.741. The Morgan fingerprint density at radius 1 is 1.42 bits per heavy atom. The molecule has 0 spiro atoms. The minimum Gasteiger partial charge on any atom is -0.258 e. The van der Waals surface area contributed by atoms with Crippen LogP contribution in [-0.2, 0) is 14.8 Å². The summed E-state index contributed by atoms with van der Waals surface area (Å²) >= 11 is 0. The van der Waals surface area contributed by atoms with Crippen LogP contribution in [0.15, 0.2) is 12.4 Å². The Labute approximate surface area is 75.0 Å². The Kier molecular flexibility index (Phi) is 2.64. The van der Waals surface area contributed by atoms with Gasteiger partial charge in [0.25, 0.3) is 0 Å². The number of hydrogen-bond donors (Lipinski definition) is 0. The molecule has 0 aliphatic heterocycles. The van der Waals surface area contributed by atoms with Crippen LogP contribution in [0.5, 0.6) is 0 Å². The molecule has 0 amide bonds. The second-order valence-corrected chi connectivity index (χ2v) is 5.05. The first-order valence-electron chi connectivity index (χ1n) is 3.18. The molecule has 1 aromatic heterocycles. The highest BCUT2D eigenvalue weighted by molar-refractivity contribution is 8.13. The highest BCUT2D eigenvalue weighted by Gasteiger charge is 2.10. The molecule has 12 heavy (non-hydrogen) atoms. The fraction of sp³-hybridized carbons (Fsp3) is 0.333. The number of hydrogen-bond acceptors (Lipinski definition) is 4. The summed E-state index contributed by atoms with van der Waals surface area (Å²) in [4.78, 5) is 7.72. The number of aryl methyl sites for hydroxylation is 1. The number of nitrogens with zero attached hydrogens (tertiary/aromatic N) is 2. The molecule has 66 valence electrons. The fourth-order valence-corrected chi connectivity index (χ4v) is 1.66. The molecule has 1 heterocycles. The van der Waals surface area contributed by atoms with Gasteiger partial charge >= 0.3 is 0 Å². The van der Waals surface area contributed by atoms with E-state index in [2.05, 4.69) is 9.97 Å². The Hall–Kier alpha value is -0.680. The molecule has 0 aromatic carbocycles. The zero-order chi connectivity index (χ0) is 9.19. The molecule has 0 atom stereocenters. The molecule has 0 fully saturated rings. The lowest BCUT2D eigenvalue weighted by atomic mass is 10.4. The van der Waals surface area contributed by atoms with Gasteiger partial charge in [0.2, 0.25) is 9.05 Å². The number of aromatic nitrogens is 2. The van der Waals surface area contributed by atoms with Crippen molar-refractivity contribution in [2.24, 2.45) is 0 Å². The van der Waals surface area contributed by atoms with Gasteiger partial charge in [-0.25, -0.2) is 8.42 Å². The van der Waals surface area contributed by atoms with Crippen molar-refractivity contribution in [2.75, 3.05) is 0 Å². The van der Waals surface area contributed by atoms with E-state index in [1.165, 1.54) is 12.4 Å². The quantitative estimate of drug-likeness (QED) is 0.674. The van der Waals surface area contributed by atoms with E-state index in [9.17, 15) is 8.42 Å². The lowest BCUT2D eigenvalue weighted by Gasteiger charge is -1.98. The van der Waals surface area contributed by atoms with E-state index in [1.807, 2.05) is 0 Å². The summed E-state index contributed by atoms with van der Waals surface area (Å²) in [5.74, 6) is -0.270. The van der Waals surface area contributed by atoms with Crippen molar-refractivity contribution in [1.82, 2.24) is 9.97 Å². The van der Waals surface area contributed by atoms with Gasteiger partial charge < -0.3 is 0 Å². The smallest absolute Gasteiger partial charge is 0.238 e. The summed E-state index contributed by atoms with van der Waals surface area (Å²) in [6.45, 7) is 1.68. The zero-order valence-electron chi connectivity index (χ0n) is 6.36. The summed E-state index contributed by atoms with van der Waals surface area (Å²) in [6, 6.07) is 0.